The van der Waals surface area contributed by atoms with E-state index in [9.17, 15) is 0 Å². The van der Waals surface area contributed by atoms with Gasteiger partial charge in [-0.25, -0.2) is 9.97 Å². The number of ether oxygens (including phenoxy) is 1. The molecule has 1 aliphatic heterocycles. The molecule has 1 aliphatic rings. The molecule has 0 spiro atoms. The number of aryl methyl sites for hydroxylation is 3. The molecule has 0 amide bonds. The predicted molar refractivity (Wildman–Crippen MR) is 80.3 cm³/mol. The van der Waals surface area contributed by atoms with Gasteiger partial charge in [-0.1, -0.05) is 0 Å². The molecule has 1 fully saturated rings. The SMILES string of the molecule is Cc1nc(NCc2c(C)n[nH]c2C)cc(C2CCOC2)n1. The number of anilines is 1. The third-order valence-electron chi connectivity index (χ3n) is 3.93. The first kappa shape index (κ1) is 14.0. The molecule has 1 saturated heterocycles. The zero-order valence-corrected chi connectivity index (χ0v) is 12.7. The summed E-state index contributed by atoms with van der Waals surface area (Å²) in [6.45, 7) is 8.26. The normalized spacial score (nSPS) is 18.1. The highest BCUT2D eigenvalue weighted by molar-refractivity contribution is 5.39. The van der Waals surface area contributed by atoms with Crippen LogP contribution in [-0.2, 0) is 11.3 Å². The highest BCUT2D eigenvalue weighted by Crippen LogP contribution is 2.25. The maximum Gasteiger partial charge on any atom is 0.130 e. The second-order valence-electron chi connectivity index (χ2n) is 5.55. The van der Waals surface area contributed by atoms with Crippen LogP contribution in [0.4, 0.5) is 5.82 Å². The quantitative estimate of drug-likeness (QED) is 0.902. The van der Waals surface area contributed by atoms with Crippen LogP contribution in [0, 0.1) is 20.8 Å². The minimum Gasteiger partial charge on any atom is -0.381 e. The van der Waals surface area contributed by atoms with Crippen molar-refractivity contribution in [2.45, 2.75) is 39.7 Å². The zero-order valence-electron chi connectivity index (χ0n) is 12.7. The molecule has 1 atom stereocenters. The molecule has 6 heteroatoms. The van der Waals surface area contributed by atoms with Crippen LogP contribution in [0.5, 0.6) is 0 Å². The van der Waals surface area contributed by atoms with Crippen molar-refractivity contribution in [2.24, 2.45) is 0 Å². The fourth-order valence-electron chi connectivity index (χ4n) is 2.67. The van der Waals surface area contributed by atoms with Crippen LogP contribution in [0.3, 0.4) is 0 Å². The van der Waals surface area contributed by atoms with Crippen LogP contribution in [-0.4, -0.2) is 33.4 Å². The van der Waals surface area contributed by atoms with Crippen molar-refractivity contribution in [3.05, 3.63) is 34.5 Å². The largest absolute Gasteiger partial charge is 0.381 e. The van der Waals surface area contributed by atoms with Crippen LogP contribution in [0.15, 0.2) is 6.07 Å². The maximum absolute atomic E-state index is 5.45. The lowest BCUT2D eigenvalue weighted by atomic mass is 10.0. The Balaban J connectivity index is 1.76. The van der Waals surface area contributed by atoms with E-state index in [0.717, 1.165) is 48.4 Å². The molecule has 3 heterocycles. The van der Waals surface area contributed by atoms with Crippen molar-refractivity contribution < 1.29 is 4.74 Å². The van der Waals surface area contributed by atoms with Gasteiger partial charge < -0.3 is 10.1 Å². The molecule has 3 rings (SSSR count). The van der Waals surface area contributed by atoms with Crippen molar-refractivity contribution in [3.8, 4) is 0 Å². The minimum absolute atomic E-state index is 0.393. The van der Waals surface area contributed by atoms with E-state index in [1.165, 1.54) is 5.56 Å². The van der Waals surface area contributed by atoms with E-state index < -0.39 is 0 Å². The number of nitrogens with one attached hydrogen (secondary N) is 2. The molecule has 2 N–H and O–H groups in total. The summed E-state index contributed by atoms with van der Waals surface area (Å²) >= 11 is 0. The van der Waals surface area contributed by atoms with Gasteiger partial charge in [-0.3, -0.25) is 5.10 Å². The molecule has 21 heavy (non-hydrogen) atoms. The highest BCUT2D eigenvalue weighted by Gasteiger charge is 2.20. The van der Waals surface area contributed by atoms with E-state index in [4.69, 9.17) is 4.74 Å². The first-order valence-electron chi connectivity index (χ1n) is 7.31. The summed E-state index contributed by atoms with van der Waals surface area (Å²) in [6.07, 6.45) is 1.04. The third kappa shape index (κ3) is 3.05. The Morgan fingerprint density at radius 2 is 2.19 bits per heavy atom. The highest BCUT2D eigenvalue weighted by atomic mass is 16.5. The zero-order chi connectivity index (χ0) is 14.8. The van der Waals surface area contributed by atoms with E-state index in [2.05, 4.69) is 25.5 Å². The Morgan fingerprint density at radius 1 is 1.33 bits per heavy atom. The Hall–Kier alpha value is -1.95. The van der Waals surface area contributed by atoms with Gasteiger partial charge in [0.2, 0.25) is 0 Å². The number of hydrogen-bond acceptors (Lipinski definition) is 5. The predicted octanol–water partition coefficient (Wildman–Crippen LogP) is 2.24. The lowest BCUT2D eigenvalue weighted by Crippen LogP contribution is -2.08. The maximum atomic E-state index is 5.45. The summed E-state index contributed by atoms with van der Waals surface area (Å²) in [4.78, 5) is 9.02. The smallest absolute Gasteiger partial charge is 0.130 e. The van der Waals surface area contributed by atoms with Gasteiger partial charge in [-0.05, 0) is 27.2 Å². The van der Waals surface area contributed by atoms with Gasteiger partial charge in [0, 0.05) is 36.4 Å². The molecule has 6 nitrogen and oxygen atoms in total. The third-order valence-corrected chi connectivity index (χ3v) is 3.93. The van der Waals surface area contributed by atoms with Crippen LogP contribution in [0.25, 0.3) is 0 Å². The van der Waals surface area contributed by atoms with Gasteiger partial charge >= 0.3 is 0 Å². The molecular formula is C15H21N5O. The van der Waals surface area contributed by atoms with E-state index in [0.29, 0.717) is 12.5 Å². The van der Waals surface area contributed by atoms with Gasteiger partial charge in [0.05, 0.1) is 18.0 Å². The van der Waals surface area contributed by atoms with Gasteiger partial charge in [-0.2, -0.15) is 5.10 Å². The Kier molecular flexibility index (Phi) is 3.88. The minimum atomic E-state index is 0.393. The van der Waals surface area contributed by atoms with E-state index in [1.807, 2.05) is 26.8 Å². The van der Waals surface area contributed by atoms with E-state index in [1.54, 1.807) is 0 Å². The van der Waals surface area contributed by atoms with Crippen molar-refractivity contribution in [3.63, 3.8) is 0 Å². The lowest BCUT2D eigenvalue weighted by molar-refractivity contribution is 0.193. The van der Waals surface area contributed by atoms with Gasteiger partial charge in [0.25, 0.3) is 0 Å². The first-order valence-corrected chi connectivity index (χ1v) is 7.31. The first-order chi connectivity index (χ1) is 10.1. The molecule has 0 aromatic carbocycles. The van der Waals surface area contributed by atoms with Crippen molar-refractivity contribution in [1.29, 1.82) is 0 Å². The van der Waals surface area contributed by atoms with Crippen molar-refractivity contribution in [2.75, 3.05) is 18.5 Å². The second-order valence-corrected chi connectivity index (χ2v) is 5.55. The number of hydrogen-bond donors (Lipinski definition) is 2. The molecule has 0 aliphatic carbocycles. The summed E-state index contributed by atoms with van der Waals surface area (Å²) in [5.74, 6) is 2.05. The fourth-order valence-corrected chi connectivity index (χ4v) is 2.67. The Bertz CT molecular complexity index is 611. The van der Waals surface area contributed by atoms with Gasteiger partial charge in [-0.15, -0.1) is 0 Å². The molecule has 2 aromatic rings. The van der Waals surface area contributed by atoms with Crippen molar-refractivity contribution >= 4 is 5.82 Å². The molecule has 0 saturated carbocycles. The number of aromatic amines is 1. The van der Waals surface area contributed by atoms with Crippen LogP contribution >= 0.6 is 0 Å². The summed E-state index contributed by atoms with van der Waals surface area (Å²) in [5.41, 5.74) is 4.38. The molecule has 1 unspecified atom stereocenters. The summed E-state index contributed by atoms with van der Waals surface area (Å²) in [5, 5.41) is 10.6. The fraction of sp³-hybridized carbons (Fsp3) is 0.533. The molecule has 2 aromatic heterocycles. The average molecular weight is 287 g/mol. The Morgan fingerprint density at radius 3 is 2.86 bits per heavy atom. The second kappa shape index (κ2) is 5.81. The number of rotatable bonds is 4. The van der Waals surface area contributed by atoms with Crippen LogP contribution in [0.2, 0.25) is 0 Å². The summed E-state index contributed by atoms with van der Waals surface area (Å²) < 4.78 is 5.45. The van der Waals surface area contributed by atoms with E-state index >= 15 is 0 Å². The van der Waals surface area contributed by atoms with Crippen LogP contribution in [0.1, 0.15) is 40.8 Å². The summed E-state index contributed by atoms with van der Waals surface area (Å²) in [6, 6.07) is 2.04. The monoisotopic (exact) mass is 287 g/mol. The van der Waals surface area contributed by atoms with Gasteiger partial charge in [0.1, 0.15) is 11.6 Å². The Labute approximate surface area is 124 Å². The molecule has 112 valence electrons. The van der Waals surface area contributed by atoms with E-state index in [-0.39, 0.29) is 0 Å². The standard InChI is InChI=1S/C15H21N5O/c1-9-13(10(2)20-19-9)7-16-15-6-14(17-11(3)18-15)12-4-5-21-8-12/h6,12H,4-5,7-8H2,1-3H3,(H,19,20)(H,16,17,18). The number of H-pyrrole nitrogens is 1. The summed E-state index contributed by atoms with van der Waals surface area (Å²) in [7, 11) is 0. The van der Waals surface area contributed by atoms with Crippen molar-refractivity contribution in [1.82, 2.24) is 20.2 Å². The average Bonchev–Trinajstić information content (AvgIpc) is 3.08. The lowest BCUT2D eigenvalue weighted by Gasteiger charge is -2.11. The molecule has 0 radical (unpaired) electrons. The molecule has 0 bridgehead atoms. The van der Waals surface area contributed by atoms with Crippen LogP contribution < -0.4 is 5.32 Å². The number of nitrogens with zero attached hydrogens (tertiary/aromatic N) is 3. The van der Waals surface area contributed by atoms with Gasteiger partial charge in [0.15, 0.2) is 0 Å². The topological polar surface area (TPSA) is 75.7 Å². The molecular weight excluding hydrogens is 266 g/mol. The number of aromatic nitrogens is 4.